The molecule has 2 aliphatic rings. The Morgan fingerprint density at radius 3 is 2.28 bits per heavy atom. The van der Waals surface area contributed by atoms with Gasteiger partial charge in [-0.3, -0.25) is 14.5 Å². The minimum atomic E-state index is -1.45. The van der Waals surface area contributed by atoms with Crippen LogP contribution in [0, 0.1) is 0 Å². The van der Waals surface area contributed by atoms with Crippen LogP contribution >= 0.6 is 11.8 Å². The van der Waals surface area contributed by atoms with E-state index in [2.05, 4.69) is 5.32 Å². The van der Waals surface area contributed by atoms with E-state index in [0.717, 1.165) is 5.56 Å². The van der Waals surface area contributed by atoms with E-state index in [0.29, 0.717) is 11.6 Å². The number of hydrogen-bond donors (Lipinski definition) is 3. The smallest absolute Gasteiger partial charge is 0.411 e. The molecule has 0 aliphatic carbocycles. The van der Waals surface area contributed by atoms with Crippen LogP contribution in [0.1, 0.15) is 46.1 Å². The fraction of sp³-hybridized carbons (Fsp3) is 0.600. The number of carboxylic acids is 1. The maximum Gasteiger partial charge on any atom is 0.411 e. The molecule has 198 valence electrons. The Bertz CT molecular complexity index is 972. The molecule has 11 heteroatoms. The number of aliphatic hydroxyl groups excluding tert-OH is 1. The van der Waals surface area contributed by atoms with Gasteiger partial charge in [0.05, 0.1) is 17.4 Å². The quantitative estimate of drug-likeness (QED) is 0.516. The Morgan fingerprint density at radius 1 is 1.14 bits per heavy atom. The first kappa shape index (κ1) is 27.8. The van der Waals surface area contributed by atoms with Gasteiger partial charge in [-0.1, -0.05) is 30.3 Å². The summed E-state index contributed by atoms with van der Waals surface area (Å²) in [7, 11) is 0. The van der Waals surface area contributed by atoms with Gasteiger partial charge in [0.15, 0.2) is 6.04 Å². The van der Waals surface area contributed by atoms with Gasteiger partial charge in [0.2, 0.25) is 11.8 Å². The molecule has 3 amide bonds. The van der Waals surface area contributed by atoms with Crippen LogP contribution in [0.5, 0.6) is 0 Å². The molecule has 3 rings (SSSR count). The number of aliphatic carboxylic acids is 1. The number of nitrogens with one attached hydrogen (secondary N) is 1. The van der Waals surface area contributed by atoms with Crippen molar-refractivity contribution in [3.8, 4) is 0 Å². The van der Waals surface area contributed by atoms with Gasteiger partial charge in [0, 0.05) is 18.8 Å². The van der Waals surface area contributed by atoms with Gasteiger partial charge >= 0.3 is 12.1 Å². The molecule has 0 aromatic heterocycles. The Labute approximate surface area is 215 Å². The minimum absolute atomic E-state index is 0.194. The van der Waals surface area contributed by atoms with Crippen molar-refractivity contribution in [2.24, 2.45) is 0 Å². The van der Waals surface area contributed by atoms with E-state index in [1.165, 1.54) is 23.6 Å². The average molecular weight is 522 g/mol. The highest BCUT2D eigenvalue weighted by Gasteiger charge is 2.47. The summed E-state index contributed by atoms with van der Waals surface area (Å²) in [4.78, 5) is 54.2. The van der Waals surface area contributed by atoms with E-state index in [9.17, 15) is 29.4 Å². The van der Waals surface area contributed by atoms with Crippen molar-refractivity contribution in [3.05, 3.63) is 35.9 Å². The number of piperidine rings is 1. The number of likely N-dealkylation sites (tertiary alicyclic amines) is 1. The number of thioether (sulfide) groups is 1. The molecular formula is C25H35N3O7S. The van der Waals surface area contributed by atoms with Crippen LogP contribution in [0.15, 0.2) is 30.3 Å². The molecule has 0 spiro atoms. The molecule has 1 aromatic rings. The van der Waals surface area contributed by atoms with E-state index in [4.69, 9.17) is 4.74 Å². The van der Waals surface area contributed by atoms with E-state index < -0.39 is 47.2 Å². The number of hydrogen-bond acceptors (Lipinski definition) is 7. The summed E-state index contributed by atoms with van der Waals surface area (Å²) in [5.74, 6) is -1.18. The van der Waals surface area contributed by atoms with Crippen molar-refractivity contribution < 1.29 is 34.1 Å². The summed E-state index contributed by atoms with van der Waals surface area (Å²) >= 11 is 1.48. The van der Waals surface area contributed by atoms with Crippen molar-refractivity contribution in [1.82, 2.24) is 15.1 Å². The molecule has 2 saturated heterocycles. The summed E-state index contributed by atoms with van der Waals surface area (Å²) in [6, 6.07) is 6.97. The Hall–Kier alpha value is -2.79. The summed E-state index contributed by atoms with van der Waals surface area (Å²) in [6.07, 6.45) is -1.27. The molecular weight excluding hydrogens is 486 g/mol. The maximum absolute atomic E-state index is 13.5. The fourth-order valence-corrected chi connectivity index (χ4v) is 5.67. The van der Waals surface area contributed by atoms with Crippen LogP contribution in [0.2, 0.25) is 0 Å². The monoisotopic (exact) mass is 521 g/mol. The minimum Gasteiger partial charge on any atom is -0.480 e. The van der Waals surface area contributed by atoms with Gasteiger partial charge in [0.1, 0.15) is 11.6 Å². The number of benzene rings is 1. The lowest BCUT2D eigenvalue weighted by Crippen LogP contribution is -2.59. The SMILES string of the molecule is C[C@@H](O)[C@H](NC(=O)C1(c2ccccc2)CCN(C(=O)[C@@H]2CSCN2C(=O)OC(C)(C)C)CC1)C(=O)O. The number of carbonyl (C=O) groups excluding carboxylic acids is 3. The highest BCUT2D eigenvalue weighted by atomic mass is 32.2. The molecule has 1 aromatic carbocycles. The first-order valence-corrected chi connectivity index (χ1v) is 13.1. The molecule has 0 unspecified atom stereocenters. The fourth-order valence-electron chi connectivity index (χ4n) is 4.54. The third-order valence-electron chi connectivity index (χ3n) is 6.52. The van der Waals surface area contributed by atoms with Crippen LogP contribution in [-0.4, -0.2) is 92.4 Å². The number of rotatable bonds is 6. The standard InChI is InChI=1S/C25H35N3O7S/c1-16(29)19(21(31)32)26-22(33)25(17-8-6-5-7-9-17)10-12-27(13-11-25)20(30)18-14-36-15-28(18)23(34)35-24(2,3)4/h5-9,16,18-19,29H,10-15H2,1-4H3,(H,26,33)(H,31,32)/t16-,18+,19+/m1/s1. The lowest BCUT2D eigenvalue weighted by atomic mass is 9.71. The lowest BCUT2D eigenvalue weighted by molar-refractivity contribution is -0.146. The number of nitrogens with zero attached hydrogens (tertiary/aromatic N) is 2. The van der Waals surface area contributed by atoms with Gasteiger partial charge < -0.3 is 25.2 Å². The Morgan fingerprint density at radius 2 is 1.75 bits per heavy atom. The highest BCUT2D eigenvalue weighted by Crippen LogP contribution is 2.37. The number of carboxylic acid groups (broad SMARTS) is 1. The number of aliphatic hydroxyl groups is 1. The average Bonchev–Trinajstić information content (AvgIpc) is 3.31. The third-order valence-corrected chi connectivity index (χ3v) is 7.53. The topological polar surface area (TPSA) is 136 Å². The Kier molecular flexibility index (Phi) is 8.55. The van der Waals surface area contributed by atoms with Gasteiger partial charge in [0.25, 0.3) is 0 Å². The lowest BCUT2D eigenvalue weighted by Gasteiger charge is -2.42. The zero-order chi connectivity index (χ0) is 26.7. The van der Waals surface area contributed by atoms with Crippen LogP contribution in [0.3, 0.4) is 0 Å². The molecule has 0 bridgehead atoms. The van der Waals surface area contributed by atoms with E-state index in [1.807, 2.05) is 18.2 Å². The zero-order valence-electron chi connectivity index (χ0n) is 21.1. The number of carbonyl (C=O) groups is 4. The van der Waals surface area contributed by atoms with Crippen LogP contribution in [0.25, 0.3) is 0 Å². The predicted molar refractivity (Wildman–Crippen MR) is 134 cm³/mol. The summed E-state index contributed by atoms with van der Waals surface area (Å²) < 4.78 is 5.47. The highest BCUT2D eigenvalue weighted by molar-refractivity contribution is 7.99. The van der Waals surface area contributed by atoms with Crippen molar-refractivity contribution >= 4 is 35.6 Å². The molecule has 0 saturated carbocycles. The second-order valence-electron chi connectivity index (χ2n) is 10.3. The zero-order valence-corrected chi connectivity index (χ0v) is 21.9. The predicted octanol–water partition coefficient (Wildman–Crippen LogP) is 1.81. The first-order valence-electron chi connectivity index (χ1n) is 12.0. The summed E-state index contributed by atoms with van der Waals surface area (Å²) in [5, 5.41) is 21.8. The third kappa shape index (κ3) is 6.12. The molecule has 10 nitrogen and oxygen atoms in total. The molecule has 3 N–H and O–H groups in total. The maximum atomic E-state index is 13.5. The van der Waals surface area contributed by atoms with E-state index in [1.54, 1.807) is 37.8 Å². The van der Waals surface area contributed by atoms with Crippen molar-refractivity contribution in [1.29, 1.82) is 0 Å². The number of ether oxygens (including phenoxy) is 1. The van der Waals surface area contributed by atoms with Gasteiger partial charge in [-0.25, -0.2) is 9.59 Å². The van der Waals surface area contributed by atoms with Gasteiger partial charge in [-0.05, 0) is 46.1 Å². The number of amides is 3. The van der Waals surface area contributed by atoms with Crippen molar-refractivity contribution in [2.75, 3.05) is 24.7 Å². The second-order valence-corrected chi connectivity index (χ2v) is 11.3. The molecule has 36 heavy (non-hydrogen) atoms. The van der Waals surface area contributed by atoms with Crippen LogP contribution < -0.4 is 5.32 Å². The van der Waals surface area contributed by atoms with E-state index >= 15 is 0 Å². The van der Waals surface area contributed by atoms with Gasteiger partial charge in [-0.15, -0.1) is 11.8 Å². The molecule has 2 heterocycles. The first-order chi connectivity index (χ1) is 16.9. The molecule has 0 radical (unpaired) electrons. The normalized spacial score (nSPS) is 21.4. The summed E-state index contributed by atoms with van der Waals surface area (Å²) in [5.41, 5.74) is -1.02. The van der Waals surface area contributed by atoms with Crippen molar-refractivity contribution in [2.45, 2.75) is 69.7 Å². The van der Waals surface area contributed by atoms with E-state index in [-0.39, 0.29) is 31.8 Å². The molecule has 3 atom stereocenters. The van der Waals surface area contributed by atoms with Gasteiger partial charge in [-0.2, -0.15) is 0 Å². The largest absolute Gasteiger partial charge is 0.480 e. The van der Waals surface area contributed by atoms with Crippen molar-refractivity contribution in [3.63, 3.8) is 0 Å². The molecule has 2 aliphatic heterocycles. The Balaban J connectivity index is 1.77. The summed E-state index contributed by atoms with van der Waals surface area (Å²) in [6.45, 7) is 7.15. The molecule has 2 fully saturated rings. The van der Waals surface area contributed by atoms with Crippen LogP contribution in [-0.2, 0) is 24.5 Å². The van der Waals surface area contributed by atoms with Crippen LogP contribution in [0.4, 0.5) is 4.79 Å². The second kappa shape index (κ2) is 11.1.